The molecule has 1 unspecified atom stereocenters. The van der Waals surface area contributed by atoms with E-state index in [1.54, 1.807) is 0 Å². The molecule has 0 saturated heterocycles. The number of rotatable bonds is 2. The van der Waals surface area contributed by atoms with E-state index < -0.39 is 0 Å². The summed E-state index contributed by atoms with van der Waals surface area (Å²) in [6, 6.07) is 5.61. The first-order valence-corrected chi connectivity index (χ1v) is 5.93. The highest BCUT2D eigenvalue weighted by atomic mass is 35.5. The molecular formula is C13H15ClN2O. The predicted molar refractivity (Wildman–Crippen MR) is 71.7 cm³/mol. The van der Waals surface area contributed by atoms with Crippen molar-refractivity contribution in [3.63, 3.8) is 0 Å². The van der Waals surface area contributed by atoms with Crippen molar-refractivity contribution in [3.8, 4) is 0 Å². The van der Waals surface area contributed by atoms with Crippen molar-refractivity contribution >= 4 is 22.5 Å². The van der Waals surface area contributed by atoms with Crippen molar-refractivity contribution in [2.75, 3.05) is 0 Å². The summed E-state index contributed by atoms with van der Waals surface area (Å²) < 4.78 is 0. The van der Waals surface area contributed by atoms with Crippen molar-refractivity contribution in [2.45, 2.75) is 26.3 Å². The van der Waals surface area contributed by atoms with E-state index in [2.05, 4.69) is 4.98 Å². The summed E-state index contributed by atoms with van der Waals surface area (Å²) in [5.74, 6) is 0. The highest BCUT2D eigenvalue weighted by Gasteiger charge is 2.08. The van der Waals surface area contributed by atoms with E-state index in [1.807, 2.05) is 32.0 Å². The summed E-state index contributed by atoms with van der Waals surface area (Å²) in [6.45, 7) is 3.78. The molecule has 0 bridgehead atoms. The Hall–Kier alpha value is -1.32. The molecule has 0 fully saturated rings. The average Bonchev–Trinajstić information content (AvgIpc) is 2.25. The summed E-state index contributed by atoms with van der Waals surface area (Å²) in [5, 5.41) is 1.65. The lowest BCUT2D eigenvalue weighted by atomic mass is 10.0. The van der Waals surface area contributed by atoms with Crippen LogP contribution < -0.4 is 11.3 Å². The maximum absolute atomic E-state index is 11.9. The van der Waals surface area contributed by atoms with Crippen LogP contribution in [0.15, 0.2) is 23.0 Å². The molecule has 0 aliphatic heterocycles. The monoisotopic (exact) mass is 250 g/mol. The van der Waals surface area contributed by atoms with Crippen LogP contribution in [-0.4, -0.2) is 11.0 Å². The van der Waals surface area contributed by atoms with Crippen molar-refractivity contribution in [3.05, 3.63) is 44.7 Å². The summed E-state index contributed by atoms with van der Waals surface area (Å²) >= 11 is 6.02. The fourth-order valence-corrected chi connectivity index (χ4v) is 2.10. The number of fused-ring (bicyclic) bond motifs is 1. The SMILES string of the molecule is Cc1c(Cl)ccc2cc(CC(C)N)c(=O)[nH]c12. The van der Waals surface area contributed by atoms with Gasteiger partial charge in [0.2, 0.25) is 0 Å². The lowest BCUT2D eigenvalue weighted by Crippen LogP contribution is -2.23. The summed E-state index contributed by atoms with van der Waals surface area (Å²) in [7, 11) is 0. The molecule has 1 atom stereocenters. The topological polar surface area (TPSA) is 58.9 Å². The van der Waals surface area contributed by atoms with Crippen LogP contribution in [0.4, 0.5) is 0 Å². The summed E-state index contributed by atoms with van der Waals surface area (Å²) in [6.07, 6.45) is 0.576. The molecule has 0 amide bonds. The molecule has 2 rings (SSSR count). The van der Waals surface area contributed by atoms with Crippen LogP contribution in [0.3, 0.4) is 0 Å². The molecule has 4 heteroatoms. The van der Waals surface area contributed by atoms with Crippen LogP contribution in [0.5, 0.6) is 0 Å². The van der Waals surface area contributed by atoms with Crippen LogP contribution >= 0.6 is 11.6 Å². The van der Waals surface area contributed by atoms with Crippen LogP contribution in [0.25, 0.3) is 10.9 Å². The van der Waals surface area contributed by atoms with Crippen molar-refractivity contribution in [1.82, 2.24) is 4.98 Å². The number of benzene rings is 1. The van der Waals surface area contributed by atoms with E-state index in [1.165, 1.54) is 0 Å². The van der Waals surface area contributed by atoms with Crippen LogP contribution in [0, 0.1) is 6.92 Å². The van der Waals surface area contributed by atoms with Gasteiger partial charge < -0.3 is 10.7 Å². The molecule has 0 saturated carbocycles. The second-order valence-electron chi connectivity index (χ2n) is 4.44. The van der Waals surface area contributed by atoms with E-state index in [-0.39, 0.29) is 11.6 Å². The average molecular weight is 251 g/mol. The Kier molecular flexibility index (Phi) is 3.22. The van der Waals surface area contributed by atoms with Gasteiger partial charge in [-0.15, -0.1) is 0 Å². The Morgan fingerprint density at radius 2 is 2.18 bits per heavy atom. The van der Waals surface area contributed by atoms with Gasteiger partial charge in [-0.3, -0.25) is 4.79 Å². The zero-order valence-electron chi connectivity index (χ0n) is 9.88. The quantitative estimate of drug-likeness (QED) is 0.860. The molecular weight excluding hydrogens is 236 g/mol. The first-order valence-electron chi connectivity index (χ1n) is 5.55. The number of H-pyrrole nitrogens is 1. The summed E-state index contributed by atoms with van der Waals surface area (Å²) in [4.78, 5) is 14.8. The van der Waals surface area contributed by atoms with Gasteiger partial charge in [-0.05, 0) is 43.4 Å². The minimum atomic E-state index is -0.0832. The van der Waals surface area contributed by atoms with Gasteiger partial charge in [-0.25, -0.2) is 0 Å². The highest BCUT2D eigenvalue weighted by Crippen LogP contribution is 2.23. The predicted octanol–water partition coefficient (Wildman–Crippen LogP) is 2.38. The first-order chi connectivity index (χ1) is 7.99. The molecule has 17 heavy (non-hydrogen) atoms. The largest absolute Gasteiger partial charge is 0.328 e. The van der Waals surface area contributed by atoms with E-state index in [0.29, 0.717) is 17.0 Å². The van der Waals surface area contributed by atoms with E-state index in [4.69, 9.17) is 17.3 Å². The second kappa shape index (κ2) is 4.51. The molecule has 0 spiro atoms. The van der Waals surface area contributed by atoms with Gasteiger partial charge in [-0.1, -0.05) is 17.7 Å². The maximum Gasteiger partial charge on any atom is 0.251 e. The van der Waals surface area contributed by atoms with E-state index >= 15 is 0 Å². The fraction of sp³-hybridized carbons (Fsp3) is 0.308. The zero-order valence-corrected chi connectivity index (χ0v) is 10.6. The molecule has 2 aromatic rings. The Morgan fingerprint density at radius 3 is 2.82 bits per heavy atom. The van der Waals surface area contributed by atoms with Gasteiger partial charge in [0.1, 0.15) is 0 Å². The number of nitrogens with one attached hydrogen (secondary N) is 1. The molecule has 0 radical (unpaired) electrons. The van der Waals surface area contributed by atoms with E-state index in [9.17, 15) is 4.79 Å². The smallest absolute Gasteiger partial charge is 0.251 e. The minimum Gasteiger partial charge on any atom is -0.328 e. The Labute approximate surface area is 105 Å². The third kappa shape index (κ3) is 2.35. The second-order valence-corrected chi connectivity index (χ2v) is 4.85. The number of aryl methyl sites for hydroxylation is 1. The van der Waals surface area contributed by atoms with Crippen molar-refractivity contribution < 1.29 is 0 Å². The van der Waals surface area contributed by atoms with Gasteiger partial charge in [0.15, 0.2) is 0 Å². The number of halogens is 1. The lowest BCUT2D eigenvalue weighted by molar-refractivity contribution is 0.732. The Morgan fingerprint density at radius 1 is 1.47 bits per heavy atom. The number of hydrogen-bond acceptors (Lipinski definition) is 2. The summed E-state index contributed by atoms with van der Waals surface area (Å²) in [5.41, 5.74) is 8.05. The number of nitrogens with two attached hydrogens (primary N) is 1. The molecule has 1 aromatic heterocycles. The van der Waals surface area contributed by atoms with E-state index in [0.717, 1.165) is 16.5 Å². The third-order valence-corrected chi connectivity index (χ3v) is 3.24. The number of aromatic amines is 1. The lowest BCUT2D eigenvalue weighted by Gasteiger charge is -2.08. The molecule has 90 valence electrons. The Bertz CT molecular complexity index is 617. The molecule has 0 aliphatic rings. The number of pyridine rings is 1. The number of hydrogen-bond donors (Lipinski definition) is 2. The first kappa shape index (κ1) is 12.1. The van der Waals surface area contributed by atoms with Gasteiger partial charge in [0, 0.05) is 16.6 Å². The van der Waals surface area contributed by atoms with Gasteiger partial charge in [-0.2, -0.15) is 0 Å². The normalized spacial score (nSPS) is 12.9. The Balaban J connectivity index is 2.67. The third-order valence-electron chi connectivity index (χ3n) is 2.83. The van der Waals surface area contributed by atoms with Crippen molar-refractivity contribution in [2.24, 2.45) is 5.73 Å². The molecule has 0 aliphatic carbocycles. The van der Waals surface area contributed by atoms with Gasteiger partial charge in [0.05, 0.1) is 5.52 Å². The van der Waals surface area contributed by atoms with Gasteiger partial charge in [0.25, 0.3) is 5.56 Å². The maximum atomic E-state index is 11.9. The molecule has 3 nitrogen and oxygen atoms in total. The number of aromatic nitrogens is 1. The zero-order chi connectivity index (χ0) is 12.6. The minimum absolute atomic E-state index is 0.0260. The fourth-order valence-electron chi connectivity index (χ4n) is 1.94. The van der Waals surface area contributed by atoms with Crippen molar-refractivity contribution in [1.29, 1.82) is 0 Å². The van der Waals surface area contributed by atoms with Crippen LogP contribution in [0.1, 0.15) is 18.1 Å². The highest BCUT2D eigenvalue weighted by molar-refractivity contribution is 6.32. The van der Waals surface area contributed by atoms with Gasteiger partial charge >= 0.3 is 0 Å². The molecule has 3 N–H and O–H groups in total. The molecule has 1 heterocycles. The molecule has 1 aromatic carbocycles. The standard InChI is InChI=1S/C13H15ClN2O/c1-7(15)5-10-6-9-3-4-11(14)8(2)12(9)16-13(10)17/h3-4,6-7H,5,15H2,1-2H3,(H,16,17). The van der Waals surface area contributed by atoms with Crippen LogP contribution in [-0.2, 0) is 6.42 Å². The van der Waals surface area contributed by atoms with Crippen LogP contribution in [0.2, 0.25) is 5.02 Å².